The topological polar surface area (TPSA) is 107 Å². The van der Waals surface area contributed by atoms with Crippen LogP contribution in [0.4, 0.5) is 15.8 Å². The molecule has 39 heavy (non-hydrogen) atoms. The summed E-state index contributed by atoms with van der Waals surface area (Å²) >= 11 is 0. The summed E-state index contributed by atoms with van der Waals surface area (Å²) in [7, 11) is 1.64. The number of nitrogen functional groups attached to an aromatic ring is 1. The lowest BCUT2D eigenvalue weighted by Gasteiger charge is -2.22. The third-order valence-corrected chi connectivity index (χ3v) is 6.21. The summed E-state index contributed by atoms with van der Waals surface area (Å²) in [5.74, 6) is -0.700. The molecule has 0 saturated heterocycles. The van der Waals surface area contributed by atoms with Gasteiger partial charge in [-0.25, -0.2) is 9.18 Å². The van der Waals surface area contributed by atoms with Crippen molar-refractivity contribution in [3.8, 4) is 11.3 Å². The molecule has 8 heteroatoms. The molecule has 3 N–H and O–H groups in total. The minimum Gasteiger partial charge on any atom is -0.456 e. The molecule has 4 rings (SSSR count). The van der Waals surface area contributed by atoms with Gasteiger partial charge in [0.15, 0.2) is 5.43 Å². The number of para-hydroxylation sites is 1. The number of hydrogen-bond donors (Lipinski definition) is 2. The number of esters is 1. The Balaban J connectivity index is 1.83. The first-order valence-electron chi connectivity index (χ1n) is 12.6. The molecule has 7 nitrogen and oxygen atoms in total. The molecule has 0 aliphatic heterocycles. The van der Waals surface area contributed by atoms with E-state index >= 15 is 0 Å². The Morgan fingerprint density at radius 3 is 2.56 bits per heavy atom. The fourth-order valence-electron chi connectivity index (χ4n) is 4.38. The van der Waals surface area contributed by atoms with Gasteiger partial charge in [-0.2, -0.15) is 0 Å². The average molecular weight is 530 g/mol. The number of carbonyl (C=O) groups is 1. The van der Waals surface area contributed by atoms with Gasteiger partial charge in [0.05, 0.1) is 17.0 Å². The number of fused-ring (bicyclic) bond motifs is 1. The SMILES string of the molecule is CN=Cc1cc(-c2oc3c(C(C)Nc4ccccc4C(=O)OC(C)(C)C)cc(F)cc3c(=O)c2C)ccc1N. The van der Waals surface area contributed by atoms with E-state index < -0.39 is 23.4 Å². The highest BCUT2D eigenvalue weighted by atomic mass is 19.1. The molecule has 1 heterocycles. The zero-order valence-electron chi connectivity index (χ0n) is 22.9. The number of aliphatic imine (C=N–C) groups is 1. The van der Waals surface area contributed by atoms with E-state index in [1.165, 1.54) is 12.1 Å². The highest BCUT2D eigenvalue weighted by Crippen LogP contribution is 2.33. The summed E-state index contributed by atoms with van der Waals surface area (Å²) in [5, 5.41) is 3.41. The Bertz CT molecular complexity index is 1650. The number of ether oxygens (including phenoxy) is 1. The number of rotatable bonds is 6. The Morgan fingerprint density at radius 2 is 1.87 bits per heavy atom. The van der Waals surface area contributed by atoms with Crippen molar-refractivity contribution in [2.75, 3.05) is 18.1 Å². The molecular formula is C31H32FN3O4. The van der Waals surface area contributed by atoms with Crippen LogP contribution in [0.2, 0.25) is 0 Å². The van der Waals surface area contributed by atoms with Gasteiger partial charge in [0.25, 0.3) is 0 Å². The molecule has 202 valence electrons. The number of carbonyl (C=O) groups excluding carboxylic acids is 1. The van der Waals surface area contributed by atoms with Crippen LogP contribution in [-0.2, 0) is 4.74 Å². The molecule has 0 aliphatic rings. The molecule has 1 unspecified atom stereocenters. The van der Waals surface area contributed by atoms with Gasteiger partial charge in [-0.15, -0.1) is 0 Å². The Kier molecular flexibility index (Phi) is 7.58. The largest absolute Gasteiger partial charge is 0.456 e. The molecule has 0 aliphatic carbocycles. The second kappa shape index (κ2) is 10.7. The maximum atomic E-state index is 14.8. The van der Waals surface area contributed by atoms with Crippen molar-refractivity contribution in [1.29, 1.82) is 0 Å². The lowest BCUT2D eigenvalue weighted by atomic mass is 9.99. The van der Waals surface area contributed by atoms with Crippen molar-refractivity contribution in [3.05, 3.63) is 92.9 Å². The maximum Gasteiger partial charge on any atom is 0.340 e. The average Bonchev–Trinajstić information content (AvgIpc) is 2.87. The number of halogens is 1. The van der Waals surface area contributed by atoms with Crippen LogP contribution in [-0.4, -0.2) is 24.8 Å². The van der Waals surface area contributed by atoms with Crippen LogP contribution in [0.25, 0.3) is 22.3 Å². The van der Waals surface area contributed by atoms with E-state index in [2.05, 4.69) is 10.3 Å². The third-order valence-electron chi connectivity index (χ3n) is 6.21. The van der Waals surface area contributed by atoms with Crippen molar-refractivity contribution >= 4 is 34.5 Å². The predicted octanol–water partition coefficient (Wildman–Crippen LogP) is 6.67. The maximum absolute atomic E-state index is 14.8. The molecular weight excluding hydrogens is 497 g/mol. The van der Waals surface area contributed by atoms with Crippen molar-refractivity contribution in [2.24, 2.45) is 4.99 Å². The van der Waals surface area contributed by atoms with E-state index in [-0.39, 0.29) is 16.4 Å². The molecule has 1 aromatic heterocycles. The number of hydrogen-bond acceptors (Lipinski definition) is 7. The van der Waals surface area contributed by atoms with Gasteiger partial charge in [0.2, 0.25) is 0 Å². The fourth-order valence-corrected chi connectivity index (χ4v) is 4.38. The molecule has 3 aromatic carbocycles. The van der Waals surface area contributed by atoms with E-state index in [1.54, 1.807) is 90.3 Å². The smallest absolute Gasteiger partial charge is 0.340 e. The molecule has 0 fully saturated rings. The number of nitrogens with one attached hydrogen (secondary N) is 1. The molecule has 0 spiro atoms. The lowest BCUT2D eigenvalue weighted by molar-refractivity contribution is 0.00706. The summed E-state index contributed by atoms with van der Waals surface area (Å²) in [6, 6.07) is 14.2. The standard InChI is InChI=1S/C31H32FN3O4/c1-17-27(36)24-15-21(32)14-23(29(24)38-28(17)19-11-12-25(33)20(13-19)16-34-6)18(2)35-26-10-8-7-9-22(26)30(37)39-31(3,4)5/h7-16,18,35H,33H2,1-6H3. The zero-order valence-corrected chi connectivity index (χ0v) is 22.9. The van der Waals surface area contributed by atoms with Crippen LogP contribution in [0.1, 0.15) is 60.8 Å². The predicted molar refractivity (Wildman–Crippen MR) is 154 cm³/mol. The lowest BCUT2D eigenvalue weighted by Crippen LogP contribution is -2.24. The van der Waals surface area contributed by atoms with Gasteiger partial charge < -0.3 is 20.2 Å². The van der Waals surface area contributed by atoms with E-state index in [4.69, 9.17) is 14.9 Å². The van der Waals surface area contributed by atoms with Crippen molar-refractivity contribution < 1.29 is 18.3 Å². The van der Waals surface area contributed by atoms with Crippen molar-refractivity contribution in [1.82, 2.24) is 0 Å². The number of nitrogens with two attached hydrogens (primary N) is 1. The van der Waals surface area contributed by atoms with Crippen LogP contribution in [0.5, 0.6) is 0 Å². The van der Waals surface area contributed by atoms with Crippen LogP contribution in [0.3, 0.4) is 0 Å². The summed E-state index contributed by atoms with van der Waals surface area (Å²) in [6.07, 6.45) is 1.63. The van der Waals surface area contributed by atoms with E-state index in [9.17, 15) is 14.0 Å². The van der Waals surface area contributed by atoms with Gasteiger partial charge in [-0.05, 0) is 77.1 Å². The van der Waals surface area contributed by atoms with E-state index in [0.29, 0.717) is 45.0 Å². The summed E-state index contributed by atoms with van der Waals surface area (Å²) in [4.78, 5) is 30.3. The molecule has 0 radical (unpaired) electrons. The monoisotopic (exact) mass is 529 g/mol. The first kappa shape index (κ1) is 27.6. The highest BCUT2D eigenvalue weighted by Gasteiger charge is 2.23. The van der Waals surface area contributed by atoms with Crippen molar-refractivity contribution in [3.63, 3.8) is 0 Å². The fraction of sp³-hybridized carbons (Fsp3) is 0.258. The summed E-state index contributed by atoms with van der Waals surface area (Å²) in [6.45, 7) is 8.84. The van der Waals surface area contributed by atoms with Crippen LogP contribution in [0.15, 0.2) is 68.8 Å². The van der Waals surface area contributed by atoms with Gasteiger partial charge in [0, 0.05) is 46.9 Å². The molecule has 4 aromatic rings. The third kappa shape index (κ3) is 5.85. The van der Waals surface area contributed by atoms with Crippen LogP contribution < -0.4 is 16.5 Å². The van der Waals surface area contributed by atoms with Gasteiger partial charge in [0.1, 0.15) is 22.8 Å². The molecule has 0 amide bonds. The van der Waals surface area contributed by atoms with E-state index in [0.717, 1.165) is 0 Å². The highest BCUT2D eigenvalue weighted by molar-refractivity contribution is 5.96. The van der Waals surface area contributed by atoms with Crippen LogP contribution in [0, 0.1) is 12.7 Å². The normalized spacial score (nSPS) is 12.6. The zero-order chi connectivity index (χ0) is 28.5. The second-order valence-electron chi connectivity index (χ2n) is 10.4. The minimum atomic E-state index is -0.669. The Hall–Kier alpha value is -4.46. The first-order chi connectivity index (χ1) is 18.4. The van der Waals surface area contributed by atoms with Crippen molar-refractivity contribution in [2.45, 2.75) is 46.3 Å². The quantitative estimate of drug-likeness (QED) is 0.164. The first-order valence-corrected chi connectivity index (χ1v) is 12.6. The summed E-state index contributed by atoms with van der Waals surface area (Å²) in [5.41, 5.74) is 8.79. The second-order valence-corrected chi connectivity index (χ2v) is 10.4. The van der Waals surface area contributed by atoms with E-state index in [1.807, 2.05) is 0 Å². The molecule has 0 bridgehead atoms. The number of nitrogens with zero attached hydrogens (tertiary/aromatic N) is 1. The Morgan fingerprint density at radius 1 is 1.15 bits per heavy atom. The Labute approximate surface area is 226 Å². The van der Waals surface area contributed by atoms with Gasteiger partial charge in [-0.1, -0.05) is 12.1 Å². The van der Waals surface area contributed by atoms with Gasteiger partial charge in [-0.3, -0.25) is 9.79 Å². The van der Waals surface area contributed by atoms with Crippen LogP contribution >= 0.6 is 0 Å². The number of benzene rings is 3. The number of anilines is 2. The minimum absolute atomic E-state index is 0.131. The van der Waals surface area contributed by atoms with Gasteiger partial charge >= 0.3 is 5.97 Å². The summed E-state index contributed by atoms with van der Waals surface area (Å²) < 4.78 is 26.7. The molecule has 1 atom stereocenters. The molecule has 0 saturated carbocycles.